The third-order valence-corrected chi connectivity index (χ3v) is 2.90. The van der Waals surface area contributed by atoms with E-state index in [1.54, 1.807) is 0 Å². The standard InChI is InChI=1S/C8H13NO3/c1-2-5-3-4-8(5,6(9)10)7(11)12/h5H,2-4H2,1H3,(H2,9,10)(H,11,12). The van der Waals surface area contributed by atoms with Crippen molar-refractivity contribution in [1.29, 1.82) is 0 Å². The van der Waals surface area contributed by atoms with E-state index < -0.39 is 17.3 Å². The van der Waals surface area contributed by atoms with E-state index in [-0.39, 0.29) is 5.92 Å². The summed E-state index contributed by atoms with van der Waals surface area (Å²) in [7, 11) is 0. The number of hydrogen-bond donors (Lipinski definition) is 2. The van der Waals surface area contributed by atoms with E-state index in [1.165, 1.54) is 0 Å². The van der Waals surface area contributed by atoms with Gasteiger partial charge in [-0.2, -0.15) is 0 Å². The van der Waals surface area contributed by atoms with Crippen molar-refractivity contribution in [1.82, 2.24) is 0 Å². The van der Waals surface area contributed by atoms with Crippen molar-refractivity contribution in [2.75, 3.05) is 0 Å². The van der Waals surface area contributed by atoms with Crippen molar-refractivity contribution >= 4 is 11.9 Å². The fraction of sp³-hybridized carbons (Fsp3) is 0.750. The van der Waals surface area contributed by atoms with Crippen LogP contribution in [0.4, 0.5) is 0 Å². The molecule has 0 radical (unpaired) electrons. The zero-order chi connectivity index (χ0) is 9.35. The molecule has 4 heteroatoms. The van der Waals surface area contributed by atoms with Gasteiger partial charge in [-0.15, -0.1) is 0 Å². The van der Waals surface area contributed by atoms with E-state index in [1.807, 2.05) is 6.92 Å². The summed E-state index contributed by atoms with van der Waals surface area (Å²) in [6.45, 7) is 1.88. The van der Waals surface area contributed by atoms with E-state index in [9.17, 15) is 9.59 Å². The Morgan fingerprint density at radius 2 is 2.25 bits per heavy atom. The molecule has 0 saturated heterocycles. The van der Waals surface area contributed by atoms with Crippen LogP contribution in [0.25, 0.3) is 0 Å². The molecule has 1 rings (SSSR count). The molecule has 0 heterocycles. The maximum Gasteiger partial charge on any atom is 0.319 e. The molecule has 1 aliphatic carbocycles. The number of carboxylic acid groups (broad SMARTS) is 1. The van der Waals surface area contributed by atoms with Crippen LogP contribution in [-0.2, 0) is 9.59 Å². The van der Waals surface area contributed by atoms with Crippen LogP contribution in [0.3, 0.4) is 0 Å². The van der Waals surface area contributed by atoms with E-state index >= 15 is 0 Å². The molecule has 1 saturated carbocycles. The summed E-state index contributed by atoms with van der Waals surface area (Å²) in [4.78, 5) is 21.8. The molecule has 2 unspecified atom stereocenters. The highest BCUT2D eigenvalue weighted by atomic mass is 16.4. The van der Waals surface area contributed by atoms with Crippen LogP contribution in [0.1, 0.15) is 26.2 Å². The highest BCUT2D eigenvalue weighted by molar-refractivity contribution is 6.02. The number of nitrogens with two attached hydrogens (primary N) is 1. The van der Waals surface area contributed by atoms with Gasteiger partial charge < -0.3 is 10.8 Å². The number of amides is 1. The number of rotatable bonds is 3. The molecule has 1 fully saturated rings. The van der Waals surface area contributed by atoms with Gasteiger partial charge in [-0.1, -0.05) is 13.3 Å². The average molecular weight is 171 g/mol. The van der Waals surface area contributed by atoms with Gasteiger partial charge in [0.25, 0.3) is 0 Å². The van der Waals surface area contributed by atoms with Gasteiger partial charge in [-0.25, -0.2) is 0 Å². The highest BCUT2D eigenvalue weighted by Gasteiger charge is 2.56. The van der Waals surface area contributed by atoms with Gasteiger partial charge in [0.15, 0.2) is 0 Å². The fourth-order valence-corrected chi connectivity index (χ4v) is 1.90. The van der Waals surface area contributed by atoms with Gasteiger partial charge in [-0.05, 0) is 18.8 Å². The molecule has 1 amide bonds. The quantitative estimate of drug-likeness (QED) is 0.602. The Balaban J connectivity index is 2.89. The molecule has 0 aromatic rings. The Bertz CT molecular complexity index is 208. The predicted molar refractivity (Wildman–Crippen MR) is 42.3 cm³/mol. The molecule has 0 aromatic carbocycles. The summed E-state index contributed by atoms with van der Waals surface area (Å²) in [6.07, 6.45) is 1.90. The molecule has 0 aliphatic heterocycles. The number of primary amides is 1. The first kappa shape index (κ1) is 9.03. The maximum atomic E-state index is 11.0. The Morgan fingerprint density at radius 1 is 1.67 bits per heavy atom. The van der Waals surface area contributed by atoms with E-state index in [0.29, 0.717) is 12.8 Å². The molecule has 0 aromatic heterocycles. The van der Waals surface area contributed by atoms with Gasteiger partial charge in [-0.3, -0.25) is 9.59 Å². The zero-order valence-electron chi connectivity index (χ0n) is 7.04. The van der Waals surface area contributed by atoms with Crippen molar-refractivity contribution in [3.8, 4) is 0 Å². The Hall–Kier alpha value is -1.06. The summed E-state index contributed by atoms with van der Waals surface area (Å²) in [5.74, 6) is -1.81. The largest absolute Gasteiger partial charge is 0.480 e. The first-order valence-electron chi connectivity index (χ1n) is 4.09. The summed E-state index contributed by atoms with van der Waals surface area (Å²) in [5.41, 5.74) is 3.82. The SMILES string of the molecule is CCC1CCC1(C(N)=O)C(=O)O. The van der Waals surface area contributed by atoms with Crippen LogP contribution in [0.2, 0.25) is 0 Å². The van der Waals surface area contributed by atoms with Crippen LogP contribution >= 0.6 is 0 Å². The normalized spacial score (nSPS) is 33.9. The van der Waals surface area contributed by atoms with Gasteiger partial charge in [0, 0.05) is 0 Å². The van der Waals surface area contributed by atoms with Crippen LogP contribution in [0.15, 0.2) is 0 Å². The third kappa shape index (κ3) is 0.906. The number of carboxylic acids is 1. The monoisotopic (exact) mass is 171 g/mol. The molecule has 3 N–H and O–H groups in total. The summed E-state index contributed by atoms with van der Waals surface area (Å²) < 4.78 is 0. The van der Waals surface area contributed by atoms with E-state index in [4.69, 9.17) is 10.8 Å². The average Bonchev–Trinajstić information content (AvgIpc) is 1.84. The number of hydrogen-bond acceptors (Lipinski definition) is 2. The van der Waals surface area contributed by atoms with Gasteiger partial charge in [0.05, 0.1) is 0 Å². The Kier molecular flexibility index (Phi) is 2.08. The minimum absolute atomic E-state index is 0.0625. The molecule has 0 bridgehead atoms. The second-order valence-corrected chi connectivity index (χ2v) is 3.28. The lowest BCUT2D eigenvalue weighted by molar-refractivity contribution is -0.167. The van der Waals surface area contributed by atoms with Crippen LogP contribution in [-0.4, -0.2) is 17.0 Å². The highest BCUT2D eigenvalue weighted by Crippen LogP contribution is 2.48. The molecule has 4 nitrogen and oxygen atoms in total. The van der Waals surface area contributed by atoms with Crippen LogP contribution in [0, 0.1) is 11.3 Å². The Labute approximate surface area is 70.7 Å². The van der Waals surface area contributed by atoms with Crippen molar-refractivity contribution in [2.24, 2.45) is 17.1 Å². The minimum Gasteiger partial charge on any atom is -0.480 e. The van der Waals surface area contributed by atoms with E-state index in [0.717, 1.165) is 6.42 Å². The first-order chi connectivity index (χ1) is 5.55. The van der Waals surface area contributed by atoms with Gasteiger partial charge >= 0.3 is 5.97 Å². The van der Waals surface area contributed by atoms with Crippen LogP contribution in [0.5, 0.6) is 0 Å². The lowest BCUT2D eigenvalue weighted by atomic mass is 9.58. The van der Waals surface area contributed by atoms with Gasteiger partial charge in [0.2, 0.25) is 5.91 Å². The third-order valence-electron chi connectivity index (χ3n) is 2.90. The number of carbonyl (C=O) groups excluding carboxylic acids is 1. The second-order valence-electron chi connectivity index (χ2n) is 3.28. The van der Waals surface area contributed by atoms with Crippen molar-refractivity contribution in [3.05, 3.63) is 0 Å². The fourth-order valence-electron chi connectivity index (χ4n) is 1.90. The maximum absolute atomic E-state index is 11.0. The lowest BCUT2D eigenvalue weighted by Gasteiger charge is -2.43. The lowest BCUT2D eigenvalue weighted by Crippen LogP contribution is -2.55. The second kappa shape index (κ2) is 2.77. The van der Waals surface area contributed by atoms with Crippen molar-refractivity contribution in [3.63, 3.8) is 0 Å². The zero-order valence-corrected chi connectivity index (χ0v) is 7.04. The van der Waals surface area contributed by atoms with Crippen molar-refractivity contribution < 1.29 is 14.7 Å². The predicted octanol–water partition coefficient (Wildman–Crippen LogP) is 0.363. The molecule has 12 heavy (non-hydrogen) atoms. The first-order valence-corrected chi connectivity index (χ1v) is 4.09. The topological polar surface area (TPSA) is 80.4 Å². The summed E-state index contributed by atoms with van der Waals surface area (Å²) in [6, 6.07) is 0. The molecule has 0 spiro atoms. The molecular weight excluding hydrogens is 158 g/mol. The Morgan fingerprint density at radius 3 is 2.33 bits per heavy atom. The summed E-state index contributed by atoms with van der Waals surface area (Å²) >= 11 is 0. The van der Waals surface area contributed by atoms with Gasteiger partial charge in [0.1, 0.15) is 5.41 Å². The molecule has 2 atom stereocenters. The molecule has 68 valence electrons. The van der Waals surface area contributed by atoms with Crippen molar-refractivity contribution in [2.45, 2.75) is 26.2 Å². The molecule has 1 aliphatic rings. The number of carbonyl (C=O) groups is 2. The minimum atomic E-state index is -1.26. The van der Waals surface area contributed by atoms with Crippen LogP contribution < -0.4 is 5.73 Å². The summed E-state index contributed by atoms with van der Waals surface area (Å²) in [5, 5.41) is 8.85. The molecular formula is C8H13NO3. The number of aliphatic carboxylic acids is 1. The smallest absolute Gasteiger partial charge is 0.319 e. The van der Waals surface area contributed by atoms with E-state index in [2.05, 4.69) is 0 Å².